The second-order valence-corrected chi connectivity index (χ2v) is 7.76. The van der Waals surface area contributed by atoms with E-state index in [9.17, 15) is 8.42 Å². The second kappa shape index (κ2) is 4.91. The molecule has 1 rings (SSSR count). The van der Waals surface area contributed by atoms with Crippen molar-refractivity contribution in [3.05, 3.63) is 5.69 Å². The first-order valence-corrected chi connectivity index (χ1v) is 7.70. The lowest BCUT2D eigenvalue weighted by Crippen LogP contribution is -2.33. The lowest BCUT2D eigenvalue weighted by molar-refractivity contribution is 0.350. The third kappa shape index (κ3) is 3.65. The summed E-state index contributed by atoms with van der Waals surface area (Å²) in [5.41, 5.74) is 5.89. The molecule has 0 amide bonds. The summed E-state index contributed by atoms with van der Waals surface area (Å²) in [5, 5.41) is 0.276. The summed E-state index contributed by atoms with van der Waals surface area (Å²) in [4.78, 5) is 3.92. The Hall–Kier alpha value is -0.660. The highest BCUT2D eigenvalue weighted by molar-refractivity contribution is 7.91. The van der Waals surface area contributed by atoms with Crippen molar-refractivity contribution in [1.29, 1.82) is 0 Å². The third-order valence-corrected chi connectivity index (χ3v) is 5.71. The Bertz CT molecular complexity index is 492. The molecule has 0 fully saturated rings. The molecule has 17 heavy (non-hydrogen) atoms. The lowest BCUT2D eigenvalue weighted by atomic mass is 9.91. The van der Waals surface area contributed by atoms with Gasteiger partial charge in [0.15, 0.2) is 9.34 Å². The van der Waals surface area contributed by atoms with Gasteiger partial charge in [-0.2, -0.15) is 0 Å². The molecule has 0 radical (unpaired) electrons. The molecule has 1 aromatic heterocycles. The van der Waals surface area contributed by atoms with Gasteiger partial charge in [0.25, 0.3) is 10.0 Å². The smallest absolute Gasteiger partial charge is 0.252 e. The molecule has 0 saturated heterocycles. The number of nitrogens with two attached hydrogens (primary N) is 1. The average molecular weight is 277 g/mol. The van der Waals surface area contributed by atoms with Crippen molar-refractivity contribution in [1.82, 2.24) is 9.71 Å². The Kier molecular flexibility index (Phi) is 4.16. The highest BCUT2D eigenvalue weighted by atomic mass is 32.2. The minimum atomic E-state index is -3.49. The molecule has 0 aliphatic rings. The number of anilines is 1. The second-order valence-electron chi connectivity index (χ2n) is 4.77. The molecular weight excluding hydrogens is 258 g/mol. The Morgan fingerprint density at radius 3 is 2.47 bits per heavy atom. The van der Waals surface area contributed by atoms with E-state index in [-0.39, 0.29) is 14.8 Å². The Labute approximate surface area is 106 Å². The fourth-order valence-corrected chi connectivity index (χ4v) is 3.72. The van der Waals surface area contributed by atoms with Crippen LogP contribution in [0.1, 0.15) is 32.9 Å². The molecule has 98 valence electrons. The first-order valence-electron chi connectivity index (χ1n) is 5.40. The van der Waals surface area contributed by atoms with Gasteiger partial charge in [0.1, 0.15) is 0 Å². The van der Waals surface area contributed by atoms with Crippen LogP contribution >= 0.6 is 11.3 Å². The number of rotatable bonds is 5. The van der Waals surface area contributed by atoms with Gasteiger partial charge >= 0.3 is 0 Å². The number of hydrogen-bond donors (Lipinski definition) is 2. The lowest BCUT2D eigenvalue weighted by Gasteiger charge is -2.22. The van der Waals surface area contributed by atoms with E-state index in [0.717, 1.165) is 17.8 Å². The topological polar surface area (TPSA) is 85.1 Å². The molecule has 0 spiro atoms. The standard InChI is InChI=1S/C10H19N3O2S2/c1-5-10(3,4)6-12-17(14,15)8-7(2)13-9(11)16-8/h12H,5-6H2,1-4H3,(H2,11,13). The number of nitrogens with one attached hydrogen (secondary N) is 1. The van der Waals surface area contributed by atoms with Crippen LogP contribution in [0.5, 0.6) is 0 Å². The normalized spacial score (nSPS) is 12.9. The molecule has 0 aliphatic heterocycles. The molecular formula is C10H19N3O2S2. The van der Waals surface area contributed by atoms with E-state index in [2.05, 4.69) is 9.71 Å². The van der Waals surface area contributed by atoms with Gasteiger partial charge in [-0.3, -0.25) is 0 Å². The van der Waals surface area contributed by atoms with Gasteiger partial charge in [0.2, 0.25) is 0 Å². The number of aromatic nitrogens is 1. The van der Waals surface area contributed by atoms with E-state index in [4.69, 9.17) is 5.73 Å². The van der Waals surface area contributed by atoms with Crippen LogP contribution in [-0.2, 0) is 10.0 Å². The number of thiazole rings is 1. The van der Waals surface area contributed by atoms with Crippen LogP contribution in [0.3, 0.4) is 0 Å². The van der Waals surface area contributed by atoms with Crippen LogP contribution in [0.25, 0.3) is 0 Å². The van der Waals surface area contributed by atoms with Crippen LogP contribution < -0.4 is 10.5 Å². The largest absolute Gasteiger partial charge is 0.375 e. The summed E-state index contributed by atoms with van der Waals surface area (Å²) in [6, 6.07) is 0. The fourth-order valence-electron chi connectivity index (χ4n) is 1.13. The van der Waals surface area contributed by atoms with Gasteiger partial charge in [-0.05, 0) is 18.8 Å². The number of nitrogens with zero attached hydrogens (tertiary/aromatic N) is 1. The van der Waals surface area contributed by atoms with Gasteiger partial charge in [-0.15, -0.1) is 0 Å². The number of sulfonamides is 1. The molecule has 0 bridgehead atoms. The highest BCUT2D eigenvalue weighted by Gasteiger charge is 2.24. The molecule has 0 aromatic carbocycles. The molecule has 3 N–H and O–H groups in total. The van der Waals surface area contributed by atoms with Crippen LogP contribution in [0.4, 0.5) is 5.13 Å². The summed E-state index contributed by atoms with van der Waals surface area (Å²) in [7, 11) is -3.49. The molecule has 1 aromatic rings. The monoisotopic (exact) mass is 277 g/mol. The van der Waals surface area contributed by atoms with Gasteiger partial charge in [-0.1, -0.05) is 32.1 Å². The fraction of sp³-hybridized carbons (Fsp3) is 0.700. The highest BCUT2D eigenvalue weighted by Crippen LogP contribution is 2.26. The van der Waals surface area contributed by atoms with Crippen molar-refractivity contribution in [3.63, 3.8) is 0 Å². The number of aryl methyl sites for hydroxylation is 1. The molecule has 0 aliphatic carbocycles. The summed E-state index contributed by atoms with van der Waals surface area (Å²) in [5.74, 6) is 0. The zero-order valence-electron chi connectivity index (χ0n) is 10.6. The van der Waals surface area contributed by atoms with Gasteiger partial charge in [0, 0.05) is 6.54 Å². The molecule has 1 heterocycles. The van der Waals surface area contributed by atoms with Crippen molar-refractivity contribution < 1.29 is 8.42 Å². The zero-order valence-corrected chi connectivity index (χ0v) is 12.2. The Balaban J connectivity index is 2.87. The van der Waals surface area contributed by atoms with Crippen molar-refractivity contribution >= 4 is 26.5 Å². The van der Waals surface area contributed by atoms with E-state index in [1.165, 1.54) is 0 Å². The van der Waals surface area contributed by atoms with E-state index in [1.807, 2.05) is 20.8 Å². The van der Waals surface area contributed by atoms with Crippen LogP contribution in [0, 0.1) is 12.3 Å². The number of hydrogen-bond acceptors (Lipinski definition) is 5. The summed E-state index contributed by atoms with van der Waals surface area (Å²) in [6.45, 7) is 8.12. The van der Waals surface area contributed by atoms with Crippen LogP contribution in [0.2, 0.25) is 0 Å². The molecule has 0 atom stereocenters. The summed E-state index contributed by atoms with van der Waals surface area (Å²) in [6.07, 6.45) is 0.902. The SMILES string of the molecule is CCC(C)(C)CNS(=O)(=O)c1sc(N)nc1C. The average Bonchev–Trinajstić information content (AvgIpc) is 2.56. The van der Waals surface area contributed by atoms with Crippen LogP contribution in [0.15, 0.2) is 4.21 Å². The van der Waals surface area contributed by atoms with E-state index in [0.29, 0.717) is 12.2 Å². The van der Waals surface area contributed by atoms with Crippen molar-refractivity contribution in [2.45, 2.75) is 38.3 Å². The quantitative estimate of drug-likeness (QED) is 0.858. The number of nitrogen functional groups attached to an aromatic ring is 1. The van der Waals surface area contributed by atoms with E-state index in [1.54, 1.807) is 6.92 Å². The summed E-state index contributed by atoms with van der Waals surface area (Å²) >= 11 is 0.996. The Morgan fingerprint density at radius 1 is 1.47 bits per heavy atom. The minimum absolute atomic E-state index is 0.0583. The predicted octanol–water partition coefficient (Wildman–Crippen LogP) is 1.75. The zero-order chi connectivity index (χ0) is 13.3. The Morgan fingerprint density at radius 2 is 2.06 bits per heavy atom. The minimum Gasteiger partial charge on any atom is -0.375 e. The third-order valence-electron chi connectivity index (χ3n) is 2.71. The summed E-state index contributed by atoms with van der Waals surface area (Å²) < 4.78 is 26.9. The maximum Gasteiger partial charge on any atom is 0.252 e. The van der Waals surface area contributed by atoms with Crippen molar-refractivity contribution in [3.8, 4) is 0 Å². The van der Waals surface area contributed by atoms with Crippen molar-refractivity contribution in [2.75, 3.05) is 12.3 Å². The maximum atomic E-state index is 12.0. The first kappa shape index (κ1) is 14.4. The molecule has 0 unspecified atom stereocenters. The first-order chi connectivity index (χ1) is 7.68. The molecule has 0 saturated carbocycles. The predicted molar refractivity (Wildman–Crippen MR) is 70.5 cm³/mol. The maximum absolute atomic E-state index is 12.0. The molecule has 5 nitrogen and oxygen atoms in total. The van der Waals surface area contributed by atoms with E-state index >= 15 is 0 Å². The van der Waals surface area contributed by atoms with Crippen molar-refractivity contribution in [2.24, 2.45) is 5.41 Å². The van der Waals surface area contributed by atoms with Gasteiger partial charge in [0.05, 0.1) is 5.69 Å². The van der Waals surface area contributed by atoms with Gasteiger partial charge < -0.3 is 5.73 Å². The molecule has 7 heteroatoms. The van der Waals surface area contributed by atoms with E-state index < -0.39 is 10.0 Å². The van der Waals surface area contributed by atoms with Crippen LogP contribution in [-0.4, -0.2) is 19.9 Å². The van der Waals surface area contributed by atoms with Gasteiger partial charge in [-0.25, -0.2) is 18.1 Å².